The number of carbonyl (C=O) groups excluding carboxylic acids is 1. The van der Waals surface area contributed by atoms with Crippen LogP contribution in [0.5, 0.6) is 0 Å². The molecular formula is C14H24N2O3S. The molecule has 20 heavy (non-hydrogen) atoms. The van der Waals surface area contributed by atoms with Gasteiger partial charge >= 0.3 is 5.97 Å². The summed E-state index contributed by atoms with van der Waals surface area (Å²) in [6, 6.07) is -0.612. The fourth-order valence-electron chi connectivity index (χ4n) is 2.90. The Bertz CT molecular complexity index is 345. The zero-order valence-corrected chi connectivity index (χ0v) is 12.7. The quantitative estimate of drug-likeness (QED) is 0.819. The van der Waals surface area contributed by atoms with Crippen LogP contribution in [-0.2, 0) is 9.59 Å². The number of likely N-dealkylation sites (tertiary alicyclic amines) is 1. The lowest BCUT2D eigenvalue weighted by Crippen LogP contribution is -2.45. The number of thioether (sulfide) groups is 1. The Hall–Kier alpha value is -0.750. The number of amides is 1. The minimum Gasteiger partial charge on any atom is -0.480 e. The van der Waals surface area contributed by atoms with Crippen LogP contribution in [0.25, 0.3) is 0 Å². The summed E-state index contributed by atoms with van der Waals surface area (Å²) in [4.78, 5) is 25.3. The summed E-state index contributed by atoms with van der Waals surface area (Å²) in [6.07, 6.45) is 5.64. The molecule has 2 aliphatic heterocycles. The molecule has 2 heterocycles. The number of rotatable bonds is 4. The second-order valence-corrected chi connectivity index (χ2v) is 6.84. The summed E-state index contributed by atoms with van der Waals surface area (Å²) in [6.45, 7) is 2.64. The summed E-state index contributed by atoms with van der Waals surface area (Å²) < 4.78 is 0. The molecule has 0 spiro atoms. The Morgan fingerprint density at radius 3 is 2.60 bits per heavy atom. The number of aliphatic carboxylic acids is 1. The molecule has 6 heteroatoms. The monoisotopic (exact) mass is 300 g/mol. The molecule has 2 fully saturated rings. The van der Waals surface area contributed by atoms with Gasteiger partial charge in [-0.3, -0.25) is 4.79 Å². The van der Waals surface area contributed by atoms with Crippen LogP contribution in [0.3, 0.4) is 0 Å². The molecule has 0 radical (unpaired) electrons. The lowest BCUT2D eigenvalue weighted by Gasteiger charge is -2.28. The smallest absolute Gasteiger partial charge is 0.326 e. The molecule has 0 aromatic heterocycles. The molecule has 1 atom stereocenters. The van der Waals surface area contributed by atoms with Crippen LogP contribution in [-0.4, -0.2) is 58.6 Å². The Morgan fingerprint density at radius 1 is 1.15 bits per heavy atom. The van der Waals surface area contributed by atoms with Crippen molar-refractivity contribution in [3.8, 4) is 0 Å². The molecule has 5 nitrogen and oxygen atoms in total. The van der Waals surface area contributed by atoms with Crippen molar-refractivity contribution in [3.05, 3.63) is 0 Å². The molecule has 114 valence electrons. The first-order valence-corrected chi connectivity index (χ1v) is 8.58. The van der Waals surface area contributed by atoms with Gasteiger partial charge in [0, 0.05) is 11.8 Å². The molecular weight excluding hydrogens is 276 g/mol. The summed E-state index contributed by atoms with van der Waals surface area (Å²) >= 11 is 1.70. The number of piperidine rings is 1. The Morgan fingerprint density at radius 2 is 1.90 bits per heavy atom. The number of nitrogens with one attached hydrogen (secondary N) is 1. The van der Waals surface area contributed by atoms with Gasteiger partial charge in [-0.15, -0.1) is 11.8 Å². The zero-order chi connectivity index (χ0) is 14.4. The number of nitrogens with zero attached hydrogens (tertiary/aromatic N) is 1. The highest BCUT2D eigenvalue weighted by Gasteiger charge is 2.30. The predicted octanol–water partition coefficient (Wildman–Crippen LogP) is 1.33. The highest BCUT2D eigenvalue weighted by Crippen LogP contribution is 2.23. The zero-order valence-electron chi connectivity index (χ0n) is 11.8. The van der Waals surface area contributed by atoms with Gasteiger partial charge < -0.3 is 15.3 Å². The van der Waals surface area contributed by atoms with E-state index in [4.69, 9.17) is 0 Å². The molecule has 2 aliphatic rings. The molecule has 1 amide bonds. The third kappa shape index (κ3) is 4.38. The maximum absolute atomic E-state index is 12.3. The molecule has 0 aromatic carbocycles. The van der Waals surface area contributed by atoms with Crippen molar-refractivity contribution in [1.82, 2.24) is 10.2 Å². The van der Waals surface area contributed by atoms with E-state index in [1.807, 2.05) is 0 Å². The van der Waals surface area contributed by atoms with Crippen LogP contribution in [0.1, 0.15) is 38.5 Å². The van der Waals surface area contributed by atoms with Crippen molar-refractivity contribution in [3.63, 3.8) is 0 Å². The Balaban J connectivity index is 1.86. The number of hydrogen-bond acceptors (Lipinski definition) is 4. The van der Waals surface area contributed by atoms with Crippen LogP contribution in [0, 0.1) is 0 Å². The molecule has 0 aromatic rings. The molecule has 0 saturated carbocycles. The van der Waals surface area contributed by atoms with E-state index in [2.05, 4.69) is 5.32 Å². The first kappa shape index (κ1) is 15.6. The molecule has 1 unspecified atom stereocenters. The minimum absolute atomic E-state index is 0.00262. The van der Waals surface area contributed by atoms with E-state index in [0.717, 1.165) is 45.2 Å². The van der Waals surface area contributed by atoms with Crippen LogP contribution in [0.4, 0.5) is 0 Å². The molecule has 2 saturated heterocycles. The van der Waals surface area contributed by atoms with E-state index in [-0.39, 0.29) is 5.91 Å². The second-order valence-electron chi connectivity index (χ2n) is 5.55. The van der Waals surface area contributed by atoms with Crippen LogP contribution >= 0.6 is 11.8 Å². The van der Waals surface area contributed by atoms with E-state index in [1.165, 1.54) is 0 Å². The summed E-state index contributed by atoms with van der Waals surface area (Å²) in [7, 11) is 0. The average Bonchev–Trinajstić information content (AvgIpc) is 2.71. The SMILES string of the molecule is O=C(O)C1CCCCCN1C(=O)CSC1CCNCC1. The first-order chi connectivity index (χ1) is 9.68. The van der Waals surface area contributed by atoms with Crippen LogP contribution < -0.4 is 5.32 Å². The van der Waals surface area contributed by atoms with Crippen molar-refractivity contribution < 1.29 is 14.7 Å². The normalized spacial score (nSPS) is 25.2. The molecule has 0 bridgehead atoms. The Kier molecular flexibility index (Phi) is 6.16. The number of hydrogen-bond donors (Lipinski definition) is 2. The number of carbonyl (C=O) groups is 2. The van der Waals surface area contributed by atoms with Crippen molar-refractivity contribution in [2.24, 2.45) is 0 Å². The summed E-state index contributed by atoms with van der Waals surface area (Å²) in [5, 5.41) is 13.1. The van der Waals surface area contributed by atoms with E-state index < -0.39 is 12.0 Å². The van der Waals surface area contributed by atoms with Gasteiger partial charge in [-0.25, -0.2) is 4.79 Å². The first-order valence-electron chi connectivity index (χ1n) is 7.53. The van der Waals surface area contributed by atoms with E-state index >= 15 is 0 Å². The minimum atomic E-state index is -0.855. The van der Waals surface area contributed by atoms with Crippen LogP contribution in [0.2, 0.25) is 0 Å². The maximum atomic E-state index is 12.3. The number of carboxylic acids is 1. The van der Waals surface area contributed by atoms with Gasteiger partial charge in [-0.1, -0.05) is 12.8 Å². The summed E-state index contributed by atoms with van der Waals surface area (Å²) in [5.74, 6) is -0.427. The van der Waals surface area contributed by atoms with Gasteiger partial charge in [0.15, 0.2) is 0 Å². The third-order valence-electron chi connectivity index (χ3n) is 4.09. The Labute approximate surface area is 124 Å². The third-order valence-corrected chi connectivity index (χ3v) is 5.44. The van der Waals surface area contributed by atoms with Crippen molar-refractivity contribution in [2.75, 3.05) is 25.4 Å². The van der Waals surface area contributed by atoms with Gasteiger partial charge in [-0.05, 0) is 38.8 Å². The second kappa shape index (κ2) is 7.88. The van der Waals surface area contributed by atoms with Gasteiger partial charge in [-0.2, -0.15) is 0 Å². The largest absolute Gasteiger partial charge is 0.480 e. The van der Waals surface area contributed by atoms with Gasteiger partial charge in [0.05, 0.1) is 5.75 Å². The van der Waals surface area contributed by atoms with Gasteiger partial charge in [0.1, 0.15) is 6.04 Å². The standard InChI is InChI=1S/C14H24N2O3S/c17-13(10-20-11-5-7-15-8-6-11)16-9-3-1-2-4-12(16)14(18)19/h11-12,15H,1-10H2,(H,18,19). The van der Waals surface area contributed by atoms with Crippen molar-refractivity contribution >= 4 is 23.6 Å². The van der Waals surface area contributed by atoms with E-state index in [9.17, 15) is 14.7 Å². The highest BCUT2D eigenvalue weighted by molar-refractivity contribution is 8.00. The molecule has 2 N–H and O–H groups in total. The molecule has 0 aliphatic carbocycles. The lowest BCUT2D eigenvalue weighted by molar-refractivity contribution is -0.149. The fraction of sp³-hybridized carbons (Fsp3) is 0.857. The van der Waals surface area contributed by atoms with Gasteiger partial charge in [0.25, 0.3) is 0 Å². The predicted molar refractivity (Wildman–Crippen MR) is 80.0 cm³/mol. The molecule has 2 rings (SSSR count). The number of carboxylic acid groups (broad SMARTS) is 1. The van der Waals surface area contributed by atoms with E-state index in [0.29, 0.717) is 24.0 Å². The maximum Gasteiger partial charge on any atom is 0.326 e. The van der Waals surface area contributed by atoms with Crippen molar-refractivity contribution in [1.29, 1.82) is 0 Å². The summed E-state index contributed by atoms with van der Waals surface area (Å²) in [5.41, 5.74) is 0. The van der Waals surface area contributed by atoms with E-state index in [1.54, 1.807) is 16.7 Å². The average molecular weight is 300 g/mol. The highest BCUT2D eigenvalue weighted by atomic mass is 32.2. The topological polar surface area (TPSA) is 69.6 Å². The fourth-order valence-corrected chi connectivity index (χ4v) is 4.01. The van der Waals surface area contributed by atoms with Crippen LogP contribution in [0.15, 0.2) is 0 Å². The van der Waals surface area contributed by atoms with Crippen molar-refractivity contribution in [2.45, 2.75) is 49.8 Å². The lowest BCUT2D eigenvalue weighted by atomic mass is 10.1. The van der Waals surface area contributed by atoms with Gasteiger partial charge in [0.2, 0.25) is 5.91 Å².